The molecule has 1 saturated heterocycles. The number of rotatable bonds is 8. The van der Waals surface area contributed by atoms with E-state index in [0.29, 0.717) is 17.3 Å². The minimum atomic E-state index is -3.98. The zero-order valence-electron chi connectivity index (χ0n) is 19.3. The van der Waals surface area contributed by atoms with Gasteiger partial charge in [-0.2, -0.15) is 4.31 Å². The van der Waals surface area contributed by atoms with Gasteiger partial charge < -0.3 is 4.90 Å². The molecule has 1 aliphatic rings. The number of anilines is 1. The van der Waals surface area contributed by atoms with Crippen molar-refractivity contribution in [2.24, 2.45) is 0 Å². The van der Waals surface area contributed by atoms with E-state index < -0.39 is 15.9 Å². The first-order valence-corrected chi connectivity index (χ1v) is 12.7. The number of aromatic nitrogens is 1. The molecule has 2 aromatic carbocycles. The monoisotopic (exact) mass is 480 g/mol. The molecule has 1 fully saturated rings. The molecule has 178 valence electrons. The maximum atomic E-state index is 13.6. The summed E-state index contributed by atoms with van der Waals surface area (Å²) in [5.41, 5.74) is 2.11. The molecule has 3 aromatic rings. The third-order valence-corrected chi connectivity index (χ3v) is 7.77. The minimum Gasteiger partial charge on any atom is -0.314 e. The molecule has 0 spiro atoms. The summed E-state index contributed by atoms with van der Waals surface area (Å²) in [6.45, 7) is 3.79. The number of hydrogen-bond acceptors (Lipinski definition) is 5. The zero-order chi connectivity index (χ0) is 24.3. The highest BCUT2D eigenvalue weighted by Crippen LogP contribution is 2.25. The average molecular weight is 481 g/mol. The number of para-hydroxylation sites is 1. The second kappa shape index (κ2) is 9.90. The van der Waals surface area contributed by atoms with Crippen molar-refractivity contribution in [3.63, 3.8) is 0 Å². The Labute approximate surface area is 199 Å². The fourth-order valence-electron chi connectivity index (χ4n) is 4.03. The lowest BCUT2D eigenvalue weighted by molar-refractivity contribution is -0.131. The highest BCUT2D eigenvalue weighted by molar-refractivity contribution is 7.89. The van der Waals surface area contributed by atoms with E-state index in [9.17, 15) is 18.0 Å². The Morgan fingerprint density at radius 2 is 1.88 bits per heavy atom. The number of nitrogens with zero attached hydrogens (tertiary/aromatic N) is 4. The third kappa shape index (κ3) is 4.80. The lowest BCUT2D eigenvalue weighted by Crippen LogP contribution is -2.43. The first-order valence-electron chi connectivity index (χ1n) is 11.3. The van der Waals surface area contributed by atoms with Gasteiger partial charge in [-0.3, -0.25) is 19.5 Å². The molecule has 1 aliphatic heterocycles. The first-order chi connectivity index (χ1) is 16.3. The van der Waals surface area contributed by atoms with E-state index >= 15 is 0 Å². The van der Waals surface area contributed by atoms with Crippen LogP contribution in [-0.4, -0.2) is 60.7 Å². The van der Waals surface area contributed by atoms with Gasteiger partial charge >= 0.3 is 0 Å². The van der Waals surface area contributed by atoms with Crippen LogP contribution in [0.25, 0.3) is 10.9 Å². The van der Waals surface area contributed by atoms with Crippen molar-refractivity contribution in [3.8, 4) is 0 Å². The summed E-state index contributed by atoms with van der Waals surface area (Å²) in [6.07, 6.45) is 2.94. The van der Waals surface area contributed by atoms with E-state index in [1.165, 1.54) is 15.3 Å². The normalized spacial score (nSPS) is 14.4. The molecule has 0 unspecified atom stereocenters. The van der Waals surface area contributed by atoms with E-state index in [2.05, 4.69) is 4.98 Å². The van der Waals surface area contributed by atoms with Crippen LogP contribution in [0.2, 0.25) is 0 Å². The summed E-state index contributed by atoms with van der Waals surface area (Å²) in [5, 5.41) is 0.712. The van der Waals surface area contributed by atoms with Crippen molar-refractivity contribution < 1.29 is 18.0 Å². The molecule has 9 heteroatoms. The summed E-state index contributed by atoms with van der Waals surface area (Å²) in [7, 11) is -3.98. The molecule has 0 atom stereocenters. The molecule has 2 heterocycles. The number of hydrogen-bond donors (Lipinski definition) is 0. The molecule has 1 aromatic heterocycles. The van der Waals surface area contributed by atoms with E-state index in [4.69, 9.17) is 0 Å². The second-order valence-electron chi connectivity index (χ2n) is 8.42. The molecule has 0 bridgehead atoms. The molecule has 0 aliphatic carbocycles. The molecule has 0 saturated carbocycles. The van der Waals surface area contributed by atoms with Crippen molar-refractivity contribution in [1.82, 2.24) is 14.2 Å². The van der Waals surface area contributed by atoms with Crippen LogP contribution in [0.4, 0.5) is 5.69 Å². The van der Waals surface area contributed by atoms with Crippen LogP contribution in [0.15, 0.2) is 65.7 Å². The minimum absolute atomic E-state index is 0.0772. The number of carbonyl (C=O) groups is 2. The molecule has 0 radical (unpaired) electrons. The Hall–Kier alpha value is -3.30. The van der Waals surface area contributed by atoms with Crippen LogP contribution in [-0.2, 0) is 19.6 Å². The third-order valence-electron chi connectivity index (χ3n) is 5.89. The van der Waals surface area contributed by atoms with Crippen molar-refractivity contribution >= 4 is 38.4 Å². The van der Waals surface area contributed by atoms with E-state index in [0.717, 1.165) is 17.7 Å². The van der Waals surface area contributed by atoms with Gasteiger partial charge in [0.25, 0.3) is 0 Å². The largest absolute Gasteiger partial charge is 0.314 e. The Balaban J connectivity index is 1.58. The Morgan fingerprint density at radius 3 is 2.65 bits per heavy atom. The molecular weight excluding hydrogens is 452 g/mol. The maximum absolute atomic E-state index is 13.6. The molecule has 34 heavy (non-hydrogen) atoms. The van der Waals surface area contributed by atoms with Crippen LogP contribution >= 0.6 is 0 Å². The molecule has 0 N–H and O–H groups in total. The summed E-state index contributed by atoms with van der Waals surface area (Å²) >= 11 is 0. The number of unbranched alkanes of at least 4 members (excludes halogenated alkanes) is 1. The molecule has 4 rings (SSSR count). The molecule has 2 amide bonds. The Morgan fingerprint density at radius 1 is 1.12 bits per heavy atom. The SMILES string of the molecule is CCCCN(CC(=O)N1CC(=O)N(c2cccc(C)c2)C1)S(=O)(=O)c1cccc2cccnc12. The molecule has 8 nitrogen and oxygen atoms in total. The Bertz CT molecular complexity index is 1320. The Kier molecular flexibility index (Phi) is 6.95. The van der Waals surface area contributed by atoms with E-state index in [-0.39, 0.29) is 37.1 Å². The van der Waals surface area contributed by atoms with Gasteiger partial charge in [0, 0.05) is 23.8 Å². The van der Waals surface area contributed by atoms with E-state index in [1.807, 2.05) is 38.1 Å². The van der Waals surface area contributed by atoms with Crippen LogP contribution < -0.4 is 4.90 Å². The van der Waals surface area contributed by atoms with Crippen LogP contribution in [0.1, 0.15) is 25.3 Å². The van der Waals surface area contributed by atoms with Crippen LogP contribution in [0.3, 0.4) is 0 Å². The summed E-state index contributed by atoms with van der Waals surface area (Å²) in [6, 6.07) is 16.1. The second-order valence-corrected chi connectivity index (χ2v) is 10.3. The van der Waals surface area contributed by atoms with Crippen LogP contribution in [0, 0.1) is 6.92 Å². The summed E-state index contributed by atoms with van der Waals surface area (Å²) < 4.78 is 28.5. The van der Waals surface area contributed by atoms with Crippen molar-refractivity contribution in [2.75, 3.05) is 31.2 Å². The first kappa shape index (κ1) is 23.8. The summed E-state index contributed by atoms with van der Waals surface area (Å²) in [5.74, 6) is -0.600. The predicted molar refractivity (Wildman–Crippen MR) is 131 cm³/mol. The van der Waals surface area contributed by atoms with Crippen LogP contribution in [0.5, 0.6) is 0 Å². The predicted octanol–water partition coefficient (Wildman–Crippen LogP) is 3.17. The highest BCUT2D eigenvalue weighted by Gasteiger charge is 2.35. The fraction of sp³-hybridized carbons (Fsp3) is 0.320. The standard InChI is InChI=1S/C25H28N4O4S/c1-3-4-14-28(34(32,33)22-12-6-9-20-10-7-13-26-25(20)22)17-23(30)27-16-24(31)29(18-27)21-11-5-8-19(2)15-21/h5-13,15H,3-4,14,16-18H2,1-2H3. The number of sulfonamides is 1. The molecular formula is C25H28N4O4S. The van der Waals surface area contributed by atoms with Gasteiger partial charge in [0.2, 0.25) is 21.8 Å². The van der Waals surface area contributed by atoms with Gasteiger partial charge in [-0.1, -0.05) is 43.7 Å². The van der Waals surface area contributed by atoms with Crippen molar-refractivity contribution in [3.05, 3.63) is 66.4 Å². The van der Waals surface area contributed by atoms with Gasteiger partial charge in [0.05, 0.1) is 12.1 Å². The van der Waals surface area contributed by atoms with Crippen molar-refractivity contribution in [1.29, 1.82) is 0 Å². The summed E-state index contributed by atoms with van der Waals surface area (Å²) in [4.78, 5) is 33.1. The van der Waals surface area contributed by atoms with E-state index in [1.54, 1.807) is 35.4 Å². The quantitative estimate of drug-likeness (QED) is 0.494. The van der Waals surface area contributed by atoms with Gasteiger partial charge in [-0.25, -0.2) is 8.42 Å². The number of aryl methyl sites for hydroxylation is 1. The number of benzene rings is 2. The maximum Gasteiger partial charge on any atom is 0.248 e. The smallest absolute Gasteiger partial charge is 0.248 e. The number of pyridine rings is 1. The zero-order valence-corrected chi connectivity index (χ0v) is 20.2. The number of carbonyl (C=O) groups excluding carboxylic acids is 2. The van der Waals surface area contributed by atoms with Gasteiger partial charge in [0.15, 0.2) is 0 Å². The lowest BCUT2D eigenvalue weighted by atomic mass is 10.2. The fourth-order valence-corrected chi connectivity index (χ4v) is 5.62. The van der Waals surface area contributed by atoms with Crippen molar-refractivity contribution in [2.45, 2.75) is 31.6 Å². The topological polar surface area (TPSA) is 90.9 Å². The number of fused-ring (bicyclic) bond motifs is 1. The van der Waals surface area contributed by atoms with Gasteiger partial charge in [-0.05, 0) is 43.2 Å². The average Bonchev–Trinajstić information content (AvgIpc) is 3.23. The van der Waals surface area contributed by atoms with Gasteiger partial charge in [0.1, 0.15) is 18.1 Å². The lowest BCUT2D eigenvalue weighted by Gasteiger charge is -2.25. The van der Waals surface area contributed by atoms with Gasteiger partial charge in [-0.15, -0.1) is 0 Å². The number of amides is 2. The highest BCUT2D eigenvalue weighted by atomic mass is 32.2.